The molecule has 4 rings (SSSR count). The molecule has 0 saturated carbocycles. The van der Waals surface area contributed by atoms with E-state index in [1.165, 1.54) is 0 Å². The molecule has 0 saturated heterocycles. The largest absolute Gasteiger partial charge is 0.480 e. The lowest BCUT2D eigenvalue weighted by Gasteiger charge is -2.21. The predicted molar refractivity (Wildman–Crippen MR) is 105 cm³/mol. The molecule has 27 heavy (non-hydrogen) atoms. The second kappa shape index (κ2) is 7.51. The van der Waals surface area contributed by atoms with E-state index in [4.69, 9.17) is 0 Å². The van der Waals surface area contributed by atoms with Crippen LogP contribution >= 0.6 is 0 Å². The number of fused-ring (bicyclic) bond motifs is 2. The first-order chi connectivity index (χ1) is 13.2. The number of aromatic nitrogens is 2. The Bertz CT molecular complexity index is 1020. The van der Waals surface area contributed by atoms with Gasteiger partial charge in [-0.2, -0.15) is 0 Å². The summed E-state index contributed by atoms with van der Waals surface area (Å²) in [5.41, 5.74) is 1.74. The minimum Gasteiger partial charge on any atom is -0.480 e. The molecule has 0 bridgehead atoms. The number of hydrogen-bond acceptors (Lipinski definition) is 4. The second-order valence-corrected chi connectivity index (χ2v) is 6.50. The molecule has 0 aliphatic heterocycles. The van der Waals surface area contributed by atoms with Crippen LogP contribution in [-0.4, -0.2) is 32.5 Å². The molecule has 0 amide bonds. The monoisotopic (exact) mass is 357 g/mol. The molecule has 134 valence electrons. The average molecular weight is 357 g/mol. The van der Waals surface area contributed by atoms with Gasteiger partial charge in [0.15, 0.2) is 0 Å². The van der Waals surface area contributed by atoms with Crippen LogP contribution in [0.15, 0.2) is 73.1 Å². The molecule has 0 atom stereocenters. The number of carbonyl (C=O) groups is 1. The third-order valence-electron chi connectivity index (χ3n) is 4.62. The molecule has 2 heterocycles. The van der Waals surface area contributed by atoms with Gasteiger partial charge in [0.05, 0.1) is 17.9 Å². The number of pyridine rings is 2. The van der Waals surface area contributed by atoms with E-state index in [1.807, 2.05) is 65.6 Å². The van der Waals surface area contributed by atoms with E-state index in [9.17, 15) is 9.90 Å². The van der Waals surface area contributed by atoms with Crippen LogP contribution < -0.4 is 0 Å². The normalized spacial score (nSPS) is 11.3. The van der Waals surface area contributed by atoms with Crippen molar-refractivity contribution in [2.24, 2.45) is 0 Å². The van der Waals surface area contributed by atoms with Crippen molar-refractivity contribution in [2.45, 2.75) is 13.1 Å². The second-order valence-electron chi connectivity index (χ2n) is 6.50. The lowest BCUT2D eigenvalue weighted by Crippen LogP contribution is -2.29. The minimum absolute atomic E-state index is 0.0736. The van der Waals surface area contributed by atoms with E-state index < -0.39 is 5.97 Å². The fraction of sp³-hybridized carbons (Fsp3) is 0.136. The molecule has 0 aliphatic rings. The Hall–Kier alpha value is -3.31. The first-order valence-electron chi connectivity index (χ1n) is 8.80. The third kappa shape index (κ3) is 3.78. The van der Waals surface area contributed by atoms with E-state index in [0.717, 1.165) is 32.9 Å². The summed E-state index contributed by atoms with van der Waals surface area (Å²) in [4.78, 5) is 22.3. The van der Waals surface area contributed by atoms with Crippen molar-refractivity contribution < 1.29 is 9.90 Å². The average Bonchev–Trinajstić information content (AvgIpc) is 2.68. The van der Waals surface area contributed by atoms with Crippen LogP contribution in [0.25, 0.3) is 21.5 Å². The summed E-state index contributed by atoms with van der Waals surface area (Å²) in [7, 11) is 0. The van der Waals surface area contributed by atoms with Gasteiger partial charge in [-0.15, -0.1) is 0 Å². The summed E-state index contributed by atoms with van der Waals surface area (Å²) >= 11 is 0. The maximum absolute atomic E-state index is 11.4. The summed E-state index contributed by atoms with van der Waals surface area (Å²) < 4.78 is 0. The number of carboxylic acid groups (broad SMARTS) is 1. The topological polar surface area (TPSA) is 66.3 Å². The van der Waals surface area contributed by atoms with E-state index >= 15 is 0 Å². The van der Waals surface area contributed by atoms with E-state index in [0.29, 0.717) is 13.1 Å². The lowest BCUT2D eigenvalue weighted by molar-refractivity contribution is -0.138. The molecule has 0 aliphatic carbocycles. The van der Waals surface area contributed by atoms with Gasteiger partial charge in [-0.05, 0) is 22.9 Å². The first-order valence-corrected chi connectivity index (χ1v) is 8.80. The molecule has 0 radical (unpaired) electrons. The molecule has 0 unspecified atom stereocenters. The highest BCUT2D eigenvalue weighted by molar-refractivity contribution is 5.85. The molecule has 2 aromatic heterocycles. The van der Waals surface area contributed by atoms with Gasteiger partial charge >= 0.3 is 5.97 Å². The van der Waals surface area contributed by atoms with Gasteiger partial charge in [0, 0.05) is 36.3 Å². The van der Waals surface area contributed by atoms with Crippen molar-refractivity contribution in [3.8, 4) is 0 Å². The summed E-state index contributed by atoms with van der Waals surface area (Å²) in [5.74, 6) is -0.865. The predicted octanol–water partition coefficient (Wildman–Crippen LogP) is 3.87. The van der Waals surface area contributed by atoms with Gasteiger partial charge < -0.3 is 5.11 Å². The number of hydrogen-bond donors (Lipinski definition) is 1. The Kier molecular flexibility index (Phi) is 4.77. The molecular weight excluding hydrogens is 338 g/mol. The SMILES string of the molecule is O=C(O)CN(Cc1nccc2ccccc12)Cc1nccc2ccccc12. The Morgan fingerprint density at radius 2 is 1.26 bits per heavy atom. The van der Waals surface area contributed by atoms with Gasteiger partial charge in [0.1, 0.15) is 0 Å². The lowest BCUT2D eigenvalue weighted by atomic mass is 10.1. The van der Waals surface area contributed by atoms with Crippen molar-refractivity contribution >= 4 is 27.5 Å². The Balaban J connectivity index is 1.68. The van der Waals surface area contributed by atoms with E-state index in [-0.39, 0.29) is 6.54 Å². The highest BCUT2D eigenvalue weighted by Gasteiger charge is 2.15. The van der Waals surface area contributed by atoms with Gasteiger partial charge in [-0.1, -0.05) is 48.5 Å². The Morgan fingerprint density at radius 1 is 0.778 bits per heavy atom. The van der Waals surface area contributed by atoms with Crippen molar-refractivity contribution in [1.29, 1.82) is 0 Å². The summed E-state index contributed by atoms with van der Waals surface area (Å²) in [6.45, 7) is 0.812. The minimum atomic E-state index is -0.865. The molecule has 1 N–H and O–H groups in total. The third-order valence-corrected chi connectivity index (χ3v) is 4.62. The van der Waals surface area contributed by atoms with Gasteiger partial charge in [-0.25, -0.2) is 0 Å². The number of aliphatic carboxylic acids is 1. The maximum Gasteiger partial charge on any atom is 0.317 e. The van der Waals surface area contributed by atoms with Crippen LogP contribution in [0.1, 0.15) is 11.4 Å². The number of rotatable bonds is 6. The smallest absolute Gasteiger partial charge is 0.317 e. The number of benzene rings is 2. The zero-order valence-corrected chi connectivity index (χ0v) is 14.7. The fourth-order valence-electron chi connectivity index (χ4n) is 3.40. The quantitative estimate of drug-likeness (QED) is 0.567. The Labute approximate surface area is 156 Å². The zero-order valence-electron chi connectivity index (χ0n) is 14.7. The van der Waals surface area contributed by atoms with E-state index in [1.54, 1.807) is 12.4 Å². The molecular formula is C22H19N3O2. The van der Waals surface area contributed by atoms with Crippen LogP contribution in [0, 0.1) is 0 Å². The molecule has 5 heteroatoms. The first kappa shape index (κ1) is 17.1. The van der Waals surface area contributed by atoms with Crippen molar-refractivity contribution in [2.75, 3.05) is 6.54 Å². The van der Waals surface area contributed by atoms with Crippen LogP contribution in [0.2, 0.25) is 0 Å². The fourth-order valence-corrected chi connectivity index (χ4v) is 3.40. The van der Waals surface area contributed by atoms with Crippen LogP contribution in [-0.2, 0) is 17.9 Å². The van der Waals surface area contributed by atoms with Crippen molar-refractivity contribution in [1.82, 2.24) is 14.9 Å². The summed E-state index contributed by atoms with van der Waals surface area (Å²) in [6.07, 6.45) is 3.54. The molecule has 5 nitrogen and oxygen atoms in total. The number of carboxylic acids is 1. The molecule has 0 spiro atoms. The van der Waals surface area contributed by atoms with Gasteiger partial charge in [0.2, 0.25) is 0 Å². The van der Waals surface area contributed by atoms with Crippen LogP contribution in [0.5, 0.6) is 0 Å². The molecule has 4 aromatic rings. The maximum atomic E-state index is 11.4. The van der Waals surface area contributed by atoms with Gasteiger partial charge in [-0.3, -0.25) is 19.7 Å². The van der Waals surface area contributed by atoms with Crippen LogP contribution in [0.4, 0.5) is 0 Å². The summed E-state index contributed by atoms with van der Waals surface area (Å²) in [6, 6.07) is 20.0. The molecule has 0 fully saturated rings. The van der Waals surface area contributed by atoms with Crippen molar-refractivity contribution in [3.63, 3.8) is 0 Å². The zero-order chi connectivity index (χ0) is 18.6. The summed E-state index contributed by atoms with van der Waals surface area (Å²) in [5, 5.41) is 13.7. The van der Waals surface area contributed by atoms with E-state index in [2.05, 4.69) is 9.97 Å². The van der Waals surface area contributed by atoms with Crippen LogP contribution in [0.3, 0.4) is 0 Å². The Morgan fingerprint density at radius 3 is 1.74 bits per heavy atom. The standard InChI is InChI=1S/C22H19N3O2/c26-22(27)15-25(13-20-18-7-3-1-5-16(18)9-11-23-20)14-21-19-8-4-2-6-17(19)10-12-24-21/h1-12H,13-15H2,(H,26,27). The van der Waals surface area contributed by atoms with Gasteiger partial charge in [0.25, 0.3) is 0 Å². The van der Waals surface area contributed by atoms with Crippen molar-refractivity contribution in [3.05, 3.63) is 84.4 Å². The highest BCUT2D eigenvalue weighted by Crippen LogP contribution is 2.21. The molecule has 2 aromatic carbocycles. The number of nitrogens with zero attached hydrogens (tertiary/aromatic N) is 3. The highest BCUT2D eigenvalue weighted by atomic mass is 16.4.